The Morgan fingerprint density at radius 2 is 1.87 bits per heavy atom. The van der Waals surface area contributed by atoms with Crippen LogP contribution < -0.4 is 0 Å². The second kappa shape index (κ2) is 9.34. The molecule has 3 rings (SSSR count). The van der Waals surface area contributed by atoms with Crippen LogP contribution in [0, 0.1) is 5.82 Å². The zero-order chi connectivity index (χ0) is 22.7. The van der Waals surface area contributed by atoms with Crippen molar-refractivity contribution in [3.05, 3.63) is 35.1 Å². The lowest BCUT2D eigenvalue weighted by Crippen LogP contribution is -2.56. The lowest BCUT2D eigenvalue weighted by molar-refractivity contribution is -0.155. The monoisotopic (exact) mass is 433 g/mol. The number of imide groups is 2. The molecule has 166 valence electrons. The Morgan fingerprint density at radius 3 is 2.52 bits per heavy atom. The molecular formula is C21H24FN3O6. The lowest BCUT2D eigenvalue weighted by atomic mass is 10.0. The van der Waals surface area contributed by atoms with Crippen LogP contribution in [0.3, 0.4) is 0 Å². The van der Waals surface area contributed by atoms with E-state index in [1.54, 1.807) is 0 Å². The number of hydrogen-bond donors (Lipinski definition) is 0. The quantitative estimate of drug-likeness (QED) is 0.442. The van der Waals surface area contributed by atoms with Crippen LogP contribution in [-0.4, -0.2) is 83.1 Å². The van der Waals surface area contributed by atoms with E-state index in [9.17, 15) is 28.4 Å². The molecule has 2 aliphatic rings. The van der Waals surface area contributed by atoms with Crippen LogP contribution >= 0.6 is 0 Å². The van der Waals surface area contributed by atoms with Crippen LogP contribution in [-0.2, 0) is 19.1 Å². The minimum absolute atomic E-state index is 0.0387. The van der Waals surface area contributed by atoms with Crippen LogP contribution in [0.5, 0.6) is 0 Å². The van der Waals surface area contributed by atoms with E-state index in [1.807, 2.05) is 18.7 Å². The third kappa shape index (κ3) is 4.34. The van der Waals surface area contributed by atoms with Crippen LogP contribution in [0.15, 0.2) is 18.2 Å². The maximum Gasteiger partial charge on any atom is 0.320 e. The van der Waals surface area contributed by atoms with E-state index in [-0.39, 0.29) is 43.7 Å². The molecule has 0 N–H and O–H groups in total. The number of esters is 1. The van der Waals surface area contributed by atoms with Crippen LogP contribution in [0.2, 0.25) is 0 Å². The maximum atomic E-state index is 14.1. The van der Waals surface area contributed by atoms with E-state index in [0.717, 1.165) is 15.9 Å². The maximum absolute atomic E-state index is 14.1. The van der Waals surface area contributed by atoms with Gasteiger partial charge in [0.25, 0.3) is 17.7 Å². The molecule has 9 nitrogen and oxygen atoms in total. The van der Waals surface area contributed by atoms with Gasteiger partial charge < -0.3 is 4.74 Å². The van der Waals surface area contributed by atoms with Gasteiger partial charge in [-0.25, -0.2) is 4.39 Å². The first-order chi connectivity index (χ1) is 14.8. The number of hydrogen-bond acceptors (Lipinski definition) is 7. The molecule has 0 saturated carbocycles. The molecule has 1 aromatic rings. The van der Waals surface area contributed by atoms with E-state index in [0.29, 0.717) is 13.1 Å². The zero-order valence-corrected chi connectivity index (χ0v) is 17.4. The van der Waals surface area contributed by atoms with E-state index in [2.05, 4.69) is 0 Å². The first kappa shape index (κ1) is 22.5. The van der Waals surface area contributed by atoms with Gasteiger partial charge in [-0.2, -0.15) is 0 Å². The predicted molar refractivity (Wildman–Crippen MR) is 105 cm³/mol. The van der Waals surface area contributed by atoms with Crippen molar-refractivity contribution in [1.82, 2.24) is 14.7 Å². The van der Waals surface area contributed by atoms with Crippen molar-refractivity contribution in [2.24, 2.45) is 0 Å². The largest absolute Gasteiger partial charge is 0.463 e. The summed E-state index contributed by atoms with van der Waals surface area (Å²) in [5.41, 5.74) is -0.472. The number of likely N-dealkylation sites (tertiary alicyclic amines) is 1. The first-order valence-electron chi connectivity index (χ1n) is 10.2. The molecule has 2 aliphatic heterocycles. The topological polar surface area (TPSA) is 104 Å². The van der Waals surface area contributed by atoms with Gasteiger partial charge in [0, 0.05) is 6.42 Å². The highest BCUT2D eigenvalue weighted by atomic mass is 19.1. The van der Waals surface area contributed by atoms with Crippen LogP contribution in [0.4, 0.5) is 4.39 Å². The summed E-state index contributed by atoms with van der Waals surface area (Å²) < 4.78 is 19.2. The van der Waals surface area contributed by atoms with Gasteiger partial charge in [0.2, 0.25) is 5.91 Å². The zero-order valence-electron chi connectivity index (χ0n) is 17.4. The van der Waals surface area contributed by atoms with Crippen molar-refractivity contribution in [3.63, 3.8) is 0 Å². The van der Waals surface area contributed by atoms with Crippen molar-refractivity contribution in [1.29, 1.82) is 0 Å². The number of ether oxygens (including phenoxy) is 1. The van der Waals surface area contributed by atoms with Crippen molar-refractivity contribution in [2.45, 2.75) is 32.7 Å². The summed E-state index contributed by atoms with van der Waals surface area (Å²) >= 11 is 0. The predicted octanol–water partition coefficient (Wildman–Crippen LogP) is 0.824. The van der Waals surface area contributed by atoms with E-state index in [1.165, 1.54) is 12.1 Å². The minimum atomic E-state index is -1.21. The average molecular weight is 433 g/mol. The number of rotatable bonds is 8. The van der Waals surface area contributed by atoms with Gasteiger partial charge in [-0.3, -0.25) is 38.7 Å². The number of likely N-dealkylation sites (N-methyl/N-ethyl adjacent to an activating group) is 1. The molecule has 0 aliphatic carbocycles. The molecule has 0 spiro atoms. The first-order valence-corrected chi connectivity index (χ1v) is 10.2. The van der Waals surface area contributed by atoms with Gasteiger partial charge >= 0.3 is 5.97 Å². The molecule has 1 saturated heterocycles. The Labute approximate surface area is 178 Å². The molecule has 0 radical (unpaired) electrons. The van der Waals surface area contributed by atoms with Gasteiger partial charge in [-0.15, -0.1) is 0 Å². The normalized spacial score (nSPS) is 18.8. The van der Waals surface area contributed by atoms with E-state index < -0.39 is 41.5 Å². The number of carbonyl (C=O) groups is 5. The smallest absolute Gasteiger partial charge is 0.320 e. The molecule has 1 fully saturated rings. The molecule has 10 heteroatoms. The number of amides is 4. The molecule has 1 unspecified atom stereocenters. The van der Waals surface area contributed by atoms with Crippen LogP contribution in [0.1, 0.15) is 47.4 Å². The van der Waals surface area contributed by atoms with Crippen molar-refractivity contribution < 1.29 is 33.1 Å². The second-order valence-electron chi connectivity index (χ2n) is 7.26. The Bertz CT molecular complexity index is 930. The van der Waals surface area contributed by atoms with Gasteiger partial charge in [0.1, 0.15) is 18.5 Å². The van der Waals surface area contributed by atoms with Gasteiger partial charge in [-0.1, -0.05) is 19.9 Å². The summed E-state index contributed by atoms with van der Waals surface area (Å²) in [5.74, 6) is -4.20. The standard InChI is InChI=1S/C21H24FN3O6/c1-3-23(4-2)12-17(27)31-11-10-24-16(26)9-8-15(20(24)29)25-19(28)13-6-5-7-14(22)18(13)21(25)30/h5-7,15H,3-4,8-12H2,1-2H3. The van der Waals surface area contributed by atoms with E-state index >= 15 is 0 Å². The molecule has 0 aromatic heterocycles. The van der Waals surface area contributed by atoms with Gasteiger partial charge in [0.15, 0.2) is 0 Å². The Kier molecular flexibility index (Phi) is 6.79. The number of fused-ring (bicyclic) bond motifs is 1. The van der Waals surface area contributed by atoms with Crippen molar-refractivity contribution >= 4 is 29.6 Å². The molecule has 1 aromatic carbocycles. The molecule has 0 bridgehead atoms. The second-order valence-corrected chi connectivity index (χ2v) is 7.26. The fourth-order valence-corrected chi connectivity index (χ4v) is 3.77. The number of benzene rings is 1. The fraction of sp³-hybridized carbons (Fsp3) is 0.476. The Hall–Kier alpha value is -3.14. The summed E-state index contributed by atoms with van der Waals surface area (Å²) in [4.78, 5) is 65.9. The van der Waals surface area contributed by atoms with Gasteiger partial charge in [-0.05, 0) is 31.6 Å². The minimum Gasteiger partial charge on any atom is -0.463 e. The SMILES string of the molecule is CCN(CC)CC(=O)OCCN1C(=O)CCC(N2C(=O)c3cccc(F)c3C2=O)C1=O. The molecule has 2 heterocycles. The highest BCUT2D eigenvalue weighted by Gasteiger charge is 2.47. The number of piperidine rings is 1. The summed E-state index contributed by atoms with van der Waals surface area (Å²) in [7, 11) is 0. The summed E-state index contributed by atoms with van der Waals surface area (Å²) in [6.07, 6.45) is -0.108. The Morgan fingerprint density at radius 1 is 1.16 bits per heavy atom. The molecular weight excluding hydrogens is 409 g/mol. The summed E-state index contributed by atoms with van der Waals surface area (Å²) in [5, 5.41) is 0. The summed E-state index contributed by atoms with van der Waals surface area (Å²) in [6.45, 7) is 4.89. The van der Waals surface area contributed by atoms with E-state index in [4.69, 9.17) is 4.74 Å². The lowest BCUT2D eigenvalue weighted by Gasteiger charge is -2.34. The molecule has 4 amide bonds. The van der Waals surface area contributed by atoms with Crippen molar-refractivity contribution in [3.8, 4) is 0 Å². The number of halogens is 1. The number of nitrogens with zero attached hydrogens (tertiary/aromatic N) is 3. The van der Waals surface area contributed by atoms with Gasteiger partial charge in [0.05, 0.1) is 24.2 Å². The third-order valence-corrected chi connectivity index (χ3v) is 5.52. The number of carbonyl (C=O) groups excluding carboxylic acids is 5. The summed E-state index contributed by atoms with van der Waals surface area (Å²) in [6, 6.07) is 2.49. The molecule has 1 atom stereocenters. The highest BCUT2D eigenvalue weighted by Crippen LogP contribution is 2.30. The Balaban J connectivity index is 1.66. The average Bonchev–Trinajstić information content (AvgIpc) is 3.00. The highest BCUT2D eigenvalue weighted by molar-refractivity contribution is 6.23. The fourth-order valence-electron chi connectivity index (χ4n) is 3.77. The third-order valence-electron chi connectivity index (χ3n) is 5.52. The molecule has 31 heavy (non-hydrogen) atoms. The van der Waals surface area contributed by atoms with Crippen molar-refractivity contribution in [2.75, 3.05) is 32.8 Å². The van der Waals surface area contributed by atoms with Crippen LogP contribution in [0.25, 0.3) is 0 Å².